The fourth-order valence-electron chi connectivity index (χ4n) is 0.954. The van der Waals surface area contributed by atoms with E-state index < -0.39 is 0 Å². The number of amidine groups is 1. The van der Waals surface area contributed by atoms with Gasteiger partial charge in [-0.15, -0.1) is 0 Å². The minimum Gasteiger partial charge on any atom is -0.468 e. The number of benzene rings is 1. The summed E-state index contributed by atoms with van der Waals surface area (Å²) in [5, 5.41) is 0.702. The first-order chi connectivity index (χ1) is 6.63. The third-order valence-electron chi connectivity index (χ3n) is 1.62. The van der Waals surface area contributed by atoms with Gasteiger partial charge in [0, 0.05) is 19.1 Å². The predicted octanol–water partition coefficient (Wildman–Crippen LogP) is 2.54. The highest BCUT2D eigenvalue weighted by molar-refractivity contribution is 6.30. The molecule has 0 fully saturated rings. The van der Waals surface area contributed by atoms with Crippen molar-refractivity contribution >= 4 is 23.3 Å². The first-order valence-corrected chi connectivity index (χ1v) is 4.57. The summed E-state index contributed by atoms with van der Waals surface area (Å²) in [7, 11) is 5.34. The van der Waals surface area contributed by atoms with Crippen molar-refractivity contribution in [3.63, 3.8) is 0 Å². The summed E-state index contributed by atoms with van der Waals surface area (Å²) in [5.74, 6) is 0. The maximum atomic E-state index is 5.75. The van der Waals surface area contributed by atoms with Crippen LogP contribution in [0.1, 0.15) is 0 Å². The number of methoxy groups -OCH3 is 1. The molecule has 4 heteroatoms. The van der Waals surface area contributed by atoms with Crippen LogP contribution in [0.4, 0.5) is 5.69 Å². The largest absolute Gasteiger partial charge is 0.468 e. The van der Waals surface area contributed by atoms with Crippen LogP contribution in [0.2, 0.25) is 5.02 Å². The van der Waals surface area contributed by atoms with Crippen molar-refractivity contribution in [3.8, 4) is 0 Å². The van der Waals surface area contributed by atoms with E-state index in [-0.39, 0.29) is 0 Å². The molecule has 0 saturated heterocycles. The number of hydrogen-bond donors (Lipinski definition) is 0. The molecule has 1 aromatic rings. The van der Waals surface area contributed by atoms with Gasteiger partial charge in [0.2, 0.25) is 0 Å². The molecular weight excluding hydrogens is 200 g/mol. The Morgan fingerprint density at radius 2 is 1.86 bits per heavy atom. The zero-order chi connectivity index (χ0) is 10.6. The Kier molecular flexibility index (Phi) is 3.77. The van der Waals surface area contributed by atoms with Crippen LogP contribution < -0.4 is 0 Å². The lowest BCUT2D eigenvalue weighted by atomic mass is 10.3. The molecule has 0 radical (unpaired) electrons. The molecule has 0 amide bonds. The van der Waals surface area contributed by atoms with Crippen LogP contribution in [-0.2, 0) is 4.74 Å². The van der Waals surface area contributed by atoms with Gasteiger partial charge in [-0.05, 0) is 24.3 Å². The zero-order valence-corrected chi connectivity index (χ0v) is 9.25. The molecule has 0 aromatic heterocycles. The summed E-state index contributed by atoms with van der Waals surface area (Å²) in [5.41, 5.74) is 0.819. The standard InChI is InChI=1S/C10H13ClN2O/c1-13(2)10(14-3)12-9-6-4-8(11)5-7-9/h4-7H,1-3H3. The van der Waals surface area contributed by atoms with Gasteiger partial charge in [0.1, 0.15) is 0 Å². The van der Waals surface area contributed by atoms with Crippen molar-refractivity contribution in [2.45, 2.75) is 0 Å². The van der Waals surface area contributed by atoms with E-state index in [1.54, 1.807) is 24.1 Å². The smallest absolute Gasteiger partial charge is 0.291 e. The summed E-state index contributed by atoms with van der Waals surface area (Å²) < 4.78 is 5.09. The van der Waals surface area contributed by atoms with Crippen LogP contribution in [0.5, 0.6) is 0 Å². The molecule has 0 unspecified atom stereocenters. The lowest BCUT2D eigenvalue weighted by molar-refractivity contribution is 0.332. The molecular formula is C10H13ClN2O. The van der Waals surface area contributed by atoms with Crippen molar-refractivity contribution in [2.75, 3.05) is 21.2 Å². The van der Waals surface area contributed by atoms with Crippen molar-refractivity contribution in [1.29, 1.82) is 0 Å². The molecule has 0 saturated carbocycles. The molecule has 0 aliphatic heterocycles. The summed E-state index contributed by atoms with van der Waals surface area (Å²) in [6, 6.07) is 7.83. The number of ether oxygens (including phenoxy) is 1. The van der Waals surface area contributed by atoms with E-state index in [2.05, 4.69) is 4.99 Å². The van der Waals surface area contributed by atoms with Crippen molar-refractivity contribution in [3.05, 3.63) is 29.3 Å². The van der Waals surface area contributed by atoms with E-state index in [1.807, 2.05) is 26.2 Å². The number of aliphatic imine (C=N–C) groups is 1. The normalized spacial score (nSPS) is 11.3. The average Bonchev–Trinajstić information content (AvgIpc) is 2.16. The highest BCUT2D eigenvalue weighted by Gasteiger charge is 2.00. The van der Waals surface area contributed by atoms with Crippen molar-refractivity contribution in [1.82, 2.24) is 4.90 Å². The number of nitrogens with zero attached hydrogens (tertiary/aromatic N) is 2. The van der Waals surface area contributed by atoms with E-state index in [1.165, 1.54) is 0 Å². The first-order valence-electron chi connectivity index (χ1n) is 4.19. The maximum absolute atomic E-state index is 5.75. The molecule has 1 aromatic carbocycles. The quantitative estimate of drug-likeness (QED) is 0.528. The molecule has 0 atom stereocenters. The Balaban J connectivity index is 2.89. The van der Waals surface area contributed by atoms with E-state index in [4.69, 9.17) is 16.3 Å². The van der Waals surface area contributed by atoms with Gasteiger partial charge < -0.3 is 9.64 Å². The Morgan fingerprint density at radius 3 is 2.29 bits per heavy atom. The van der Waals surface area contributed by atoms with Gasteiger partial charge >= 0.3 is 0 Å². The molecule has 1 rings (SSSR count). The van der Waals surface area contributed by atoms with Crippen LogP contribution in [0.3, 0.4) is 0 Å². The molecule has 0 aliphatic rings. The van der Waals surface area contributed by atoms with Gasteiger partial charge in [-0.25, -0.2) is 0 Å². The highest BCUT2D eigenvalue weighted by atomic mass is 35.5. The van der Waals surface area contributed by atoms with Crippen molar-refractivity contribution < 1.29 is 4.74 Å². The van der Waals surface area contributed by atoms with Gasteiger partial charge in [0.25, 0.3) is 6.02 Å². The number of rotatable bonds is 1. The number of hydrogen-bond acceptors (Lipinski definition) is 2. The Bertz CT molecular complexity index is 319. The summed E-state index contributed by atoms with van der Waals surface area (Å²) in [6.45, 7) is 0. The second kappa shape index (κ2) is 4.86. The Labute approximate surface area is 89.0 Å². The van der Waals surface area contributed by atoms with E-state index in [0.717, 1.165) is 5.69 Å². The third-order valence-corrected chi connectivity index (χ3v) is 1.87. The molecule has 0 bridgehead atoms. The van der Waals surface area contributed by atoms with Gasteiger partial charge in [-0.2, -0.15) is 4.99 Å². The molecule has 76 valence electrons. The minimum atomic E-state index is 0.562. The number of halogens is 1. The fourth-order valence-corrected chi connectivity index (χ4v) is 1.08. The maximum Gasteiger partial charge on any atom is 0.291 e. The summed E-state index contributed by atoms with van der Waals surface area (Å²) >= 11 is 5.75. The predicted molar refractivity (Wildman–Crippen MR) is 59.2 cm³/mol. The topological polar surface area (TPSA) is 24.8 Å². The van der Waals surface area contributed by atoms with Crippen LogP contribution in [0.15, 0.2) is 29.3 Å². The average molecular weight is 213 g/mol. The van der Waals surface area contributed by atoms with Gasteiger partial charge in [0.05, 0.1) is 12.8 Å². The Hall–Kier alpha value is -1.22. The first kappa shape index (κ1) is 10.9. The lowest BCUT2D eigenvalue weighted by Gasteiger charge is -2.13. The summed E-state index contributed by atoms with van der Waals surface area (Å²) in [4.78, 5) is 6.08. The van der Waals surface area contributed by atoms with Crippen molar-refractivity contribution in [2.24, 2.45) is 4.99 Å². The van der Waals surface area contributed by atoms with Gasteiger partial charge in [-0.1, -0.05) is 11.6 Å². The van der Waals surface area contributed by atoms with Gasteiger partial charge in [0.15, 0.2) is 0 Å². The summed E-state index contributed by atoms with van der Waals surface area (Å²) in [6.07, 6.45) is 0. The second-order valence-electron chi connectivity index (χ2n) is 2.97. The van der Waals surface area contributed by atoms with Crippen LogP contribution in [0.25, 0.3) is 0 Å². The second-order valence-corrected chi connectivity index (χ2v) is 3.41. The molecule has 0 spiro atoms. The SMILES string of the molecule is COC(=Nc1ccc(Cl)cc1)N(C)C. The Morgan fingerprint density at radius 1 is 1.29 bits per heavy atom. The van der Waals surface area contributed by atoms with Crippen LogP contribution in [0, 0.1) is 0 Å². The van der Waals surface area contributed by atoms with E-state index in [0.29, 0.717) is 11.0 Å². The highest BCUT2D eigenvalue weighted by Crippen LogP contribution is 2.16. The fraction of sp³-hybridized carbons (Fsp3) is 0.300. The molecule has 14 heavy (non-hydrogen) atoms. The van der Waals surface area contributed by atoms with E-state index in [9.17, 15) is 0 Å². The zero-order valence-electron chi connectivity index (χ0n) is 8.49. The minimum absolute atomic E-state index is 0.562. The third kappa shape index (κ3) is 2.92. The lowest BCUT2D eigenvalue weighted by Crippen LogP contribution is -2.23. The monoisotopic (exact) mass is 212 g/mol. The molecule has 3 nitrogen and oxygen atoms in total. The van der Waals surface area contributed by atoms with Crippen LogP contribution in [-0.4, -0.2) is 32.1 Å². The van der Waals surface area contributed by atoms with E-state index >= 15 is 0 Å². The molecule has 0 aliphatic carbocycles. The van der Waals surface area contributed by atoms with Gasteiger partial charge in [-0.3, -0.25) is 0 Å². The van der Waals surface area contributed by atoms with Crippen LogP contribution >= 0.6 is 11.6 Å². The molecule has 0 heterocycles. The molecule has 0 N–H and O–H groups in total.